The molecule has 1 rings (SSSR count). The van der Waals surface area contributed by atoms with Crippen molar-refractivity contribution in [2.24, 2.45) is 46.8 Å². The van der Waals surface area contributed by atoms with Gasteiger partial charge < -0.3 is 0 Å². The highest BCUT2D eigenvalue weighted by Gasteiger charge is 2.43. The summed E-state index contributed by atoms with van der Waals surface area (Å²) in [6.45, 7) is 22.4. The van der Waals surface area contributed by atoms with Crippen LogP contribution >= 0.6 is 0 Å². The minimum atomic E-state index is 0.542. The van der Waals surface area contributed by atoms with Crippen molar-refractivity contribution in [1.82, 2.24) is 0 Å². The topological polar surface area (TPSA) is 0 Å². The molecular weight excluding hydrogens is 372 g/mol. The Morgan fingerprint density at radius 1 is 0.710 bits per heavy atom. The molecule has 0 aromatic rings. The Bertz CT molecular complexity index is 437. The second-order valence-electron chi connectivity index (χ2n) is 12.6. The van der Waals surface area contributed by atoms with Gasteiger partial charge in [0.2, 0.25) is 0 Å². The van der Waals surface area contributed by atoms with Gasteiger partial charge in [-0.1, -0.05) is 127 Å². The lowest BCUT2D eigenvalue weighted by Crippen LogP contribution is -2.42. The molecular formula is C31H62. The van der Waals surface area contributed by atoms with E-state index in [2.05, 4.69) is 62.3 Å². The Hall–Kier alpha value is 0. The van der Waals surface area contributed by atoms with Gasteiger partial charge in [0.05, 0.1) is 0 Å². The van der Waals surface area contributed by atoms with E-state index < -0.39 is 0 Å². The fourth-order valence-electron chi connectivity index (χ4n) is 6.44. The average molecular weight is 435 g/mol. The SMILES string of the molecule is CCCCCCCCC(C)(CCCCC(C)C(C)C)C(C)C(C)C1CCC1C(C)CC. The number of hydrogen-bond acceptors (Lipinski definition) is 0. The first kappa shape index (κ1) is 29.0. The first-order valence-corrected chi connectivity index (χ1v) is 14.7. The average Bonchev–Trinajstić information content (AvgIpc) is 2.71. The Morgan fingerprint density at radius 3 is 1.77 bits per heavy atom. The molecule has 0 heterocycles. The fraction of sp³-hybridized carbons (Fsp3) is 1.00. The molecule has 1 aliphatic carbocycles. The van der Waals surface area contributed by atoms with Crippen LogP contribution in [0.3, 0.4) is 0 Å². The zero-order valence-corrected chi connectivity index (χ0v) is 23.4. The molecule has 1 fully saturated rings. The monoisotopic (exact) mass is 434 g/mol. The van der Waals surface area contributed by atoms with E-state index in [0.29, 0.717) is 5.41 Å². The van der Waals surface area contributed by atoms with Gasteiger partial charge in [0.1, 0.15) is 0 Å². The van der Waals surface area contributed by atoms with Crippen LogP contribution in [0, 0.1) is 46.8 Å². The second-order valence-corrected chi connectivity index (χ2v) is 12.6. The molecule has 1 aliphatic rings. The Kier molecular flexibility index (Phi) is 14.1. The lowest BCUT2D eigenvalue weighted by atomic mass is 9.55. The third-order valence-corrected chi connectivity index (χ3v) is 10.2. The van der Waals surface area contributed by atoms with E-state index in [1.807, 2.05) is 0 Å². The van der Waals surface area contributed by atoms with Crippen molar-refractivity contribution >= 4 is 0 Å². The molecule has 0 aromatic carbocycles. The smallest absolute Gasteiger partial charge is 0.0298 e. The Morgan fingerprint density at radius 2 is 1.26 bits per heavy atom. The van der Waals surface area contributed by atoms with Gasteiger partial charge in [-0.3, -0.25) is 0 Å². The first-order chi connectivity index (χ1) is 14.7. The van der Waals surface area contributed by atoms with Crippen LogP contribution in [0.2, 0.25) is 0 Å². The summed E-state index contributed by atoms with van der Waals surface area (Å²) >= 11 is 0. The molecule has 0 spiro atoms. The number of unbranched alkanes of at least 4 members (excludes halogenated alkanes) is 6. The van der Waals surface area contributed by atoms with E-state index in [1.54, 1.807) is 0 Å². The summed E-state index contributed by atoms with van der Waals surface area (Å²) in [6.07, 6.45) is 20.2. The highest BCUT2D eigenvalue weighted by atomic mass is 14.5. The summed E-state index contributed by atoms with van der Waals surface area (Å²) in [5.74, 6) is 6.41. The highest BCUT2D eigenvalue weighted by Crippen LogP contribution is 2.52. The minimum absolute atomic E-state index is 0.542. The number of hydrogen-bond donors (Lipinski definition) is 0. The molecule has 0 aromatic heterocycles. The van der Waals surface area contributed by atoms with Crippen molar-refractivity contribution in [3.05, 3.63) is 0 Å². The Balaban J connectivity index is 2.68. The molecule has 186 valence electrons. The lowest BCUT2D eigenvalue weighted by molar-refractivity contribution is -0.00362. The summed E-state index contributed by atoms with van der Waals surface area (Å²) in [5.41, 5.74) is 0.542. The lowest BCUT2D eigenvalue weighted by Gasteiger charge is -2.50. The van der Waals surface area contributed by atoms with Crippen LogP contribution in [0.15, 0.2) is 0 Å². The van der Waals surface area contributed by atoms with Crippen LogP contribution in [0.1, 0.15) is 152 Å². The van der Waals surface area contributed by atoms with Crippen molar-refractivity contribution in [2.75, 3.05) is 0 Å². The summed E-state index contributed by atoms with van der Waals surface area (Å²) in [4.78, 5) is 0. The minimum Gasteiger partial charge on any atom is -0.0654 e. The fourth-order valence-corrected chi connectivity index (χ4v) is 6.44. The molecule has 1 saturated carbocycles. The first-order valence-electron chi connectivity index (χ1n) is 14.7. The van der Waals surface area contributed by atoms with Crippen LogP contribution in [-0.4, -0.2) is 0 Å². The van der Waals surface area contributed by atoms with Gasteiger partial charge in [-0.05, 0) is 72.5 Å². The maximum Gasteiger partial charge on any atom is -0.0298 e. The van der Waals surface area contributed by atoms with E-state index in [0.717, 1.165) is 41.4 Å². The predicted octanol–water partition coefficient (Wildman–Crippen LogP) is 10.9. The van der Waals surface area contributed by atoms with Gasteiger partial charge in [-0.2, -0.15) is 0 Å². The zero-order chi connectivity index (χ0) is 23.4. The van der Waals surface area contributed by atoms with E-state index in [9.17, 15) is 0 Å². The van der Waals surface area contributed by atoms with E-state index in [1.165, 1.54) is 89.9 Å². The number of rotatable bonds is 18. The third kappa shape index (κ3) is 9.41. The maximum atomic E-state index is 2.68. The van der Waals surface area contributed by atoms with Crippen LogP contribution in [0.5, 0.6) is 0 Å². The molecule has 0 nitrogen and oxygen atoms in total. The highest BCUT2D eigenvalue weighted by molar-refractivity contribution is 4.93. The van der Waals surface area contributed by atoms with Gasteiger partial charge in [0.25, 0.3) is 0 Å². The van der Waals surface area contributed by atoms with Gasteiger partial charge >= 0.3 is 0 Å². The summed E-state index contributed by atoms with van der Waals surface area (Å²) < 4.78 is 0. The van der Waals surface area contributed by atoms with Crippen LogP contribution < -0.4 is 0 Å². The van der Waals surface area contributed by atoms with Crippen molar-refractivity contribution in [2.45, 2.75) is 152 Å². The van der Waals surface area contributed by atoms with Crippen LogP contribution in [0.25, 0.3) is 0 Å². The van der Waals surface area contributed by atoms with Gasteiger partial charge in [-0.25, -0.2) is 0 Å². The molecule has 0 N–H and O–H groups in total. The molecule has 0 amide bonds. The van der Waals surface area contributed by atoms with E-state index in [-0.39, 0.29) is 0 Å². The standard InChI is InChI=1S/C31H62/c1-10-12-13-14-15-17-22-31(9,23-18-16-19-26(6)24(3)4)28(8)27(7)30-21-20-29(30)25(5)11-2/h24-30H,10-23H2,1-9H3. The van der Waals surface area contributed by atoms with Crippen LogP contribution in [-0.2, 0) is 0 Å². The largest absolute Gasteiger partial charge is 0.0654 e. The second kappa shape index (κ2) is 15.0. The molecule has 0 saturated heterocycles. The molecule has 7 unspecified atom stereocenters. The Labute approximate surface area is 199 Å². The normalized spacial score (nSPS) is 25.0. The summed E-state index contributed by atoms with van der Waals surface area (Å²) in [5, 5.41) is 0. The van der Waals surface area contributed by atoms with Crippen molar-refractivity contribution in [3.8, 4) is 0 Å². The quantitative estimate of drug-likeness (QED) is 0.188. The van der Waals surface area contributed by atoms with Gasteiger partial charge in [0, 0.05) is 0 Å². The predicted molar refractivity (Wildman–Crippen MR) is 143 cm³/mol. The van der Waals surface area contributed by atoms with E-state index in [4.69, 9.17) is 0 Å². The summed E-state index contributed by atoms with van der Waals surface area (Å²) in [6, 6.07) is 0. The van der Waals surface area contributed by atoms with Crippen molar-refractivity contribution in [1.29, 1.82) is 0 Å². The third-order valence-electron chi connectivity index (χ3n) is 10.2. The molecule has 0 radical (unpaired) electrons. The zero-order valence-electron chi connectivity index (χ0n) is 23.4. The maximum absolute atomic E-state index is 2.68. The molecule has 0 aliphatic heterocycles. The van der Waals surface area contributed by atoms with Gasteiger partial charge in [0.15, 0.2) is 0 Å². The van der Waals surface area contributed by atoms with Gasteiger partial charge in [-0.15, -0.1) is 0 Å². The summed E-state index contributed by atoms with van der Waals surface area (Å²) in [7, 11) is 0. The van der Waals surface area contributed by atoms with Crippen LogP contribution in [0.4, 0.5) is 0 Å². The molecule has 0 bridgehead atoms. The molecule has 31 heavy (non-hydrogen) atoms. The molecule has 0 heteroatoms. The van der Waals surface area contributed by atoms with Crippen molar-refractivity contribution in [3.63, 3.8) is 0 Å². The van der Waals surface area contributed by atoms with Crippen molar-refractivity contribution < 1.29 is 0 Å². The molecule has 7 atom stereocenters. The van der Waals surface area contributed by atoms with E-state index >= 15 is 0 Å².